The minimum atomic E-state index is -1.57. The summed E-state index contributed by atoms with van der Waals surface area (Å²) in [6, 6.07) is 12.8. The lowest BCUT2D eigenvalue weighted by Crippen LogP contribution is -2.73. The first-order valence-corrected chi connectivity index (χ1v) is 12.7. The van der Waals surface area contributed by atoms with Crippen LogP contribution >= 0.6 is 0 Å². The van der Waals surface area contributed by atoms with Crippen LogP contribution in [-0.2, 0) is 22.6 Å². The number of rotatable bonds is 3. The predicted molar refractivity (Wildman–Crippen MR) is 136 cm³/mol. The number of hydrogen-bond donors (Lipinski definition) is 1. The van der Waals surface area contributed by atoms with Crippen LogP contribution in [0.25, 0.3) is 0 Å². The molecule has 0 aromatic heterocycles. The van der Waals surface area contributed by atoms with E-state index in [0.29, 0.717) is 5.56 Å². The van der Waals surface area contributed by atoms with Crippen molar-refractivity contribution in [2.24, 2.45) is 16.2 Å². The Hall–Kier alpha value is -3.75. The van der Waals surface area contributed by atoms with Crippen LogP contribution in [0.15, 0.2) is 48.5 Å². The highest BCUT2D eigenvalue weighted by Crippen LogP contribution is 2.64. The Kier molecular flexibility index (Phi) is 4.87. The van der Waals surface area contributed by atoms with Gasteiger partial charge in [-0.05, 0) is 47.3 Å². The molecule has 4 aliphatic rings. The molecule has 37 heavy (non-hydrogen) atoms. The quantitative estimate of drug-likeness (QED) is 0.383. The van der Waals surface area contributed by atoms with Crippen molar-refractivity contribution in [3.05, 3.63) is 69.8 Å². The molecule has 0 unspecified atom stereocenters. The second-order valence-corrected chi connectivity index (χ2v) is 12.2. The number of nitrogens with one attached hydrogen (secondary N) is 1. The number of nitro groups is 1. The number of amides is 4. The van der Waals surface area contributed by atoms with E-state index in [1.807, 2.05) is 30.3 Å². The highest BCUT2D eigenvalue weighted by molar-refractivity contribution is 6.20. The third-order valence-electron chi connectivity index (χ3n) is 8.87. The zero-order valence-corrected chi connectivity index (χ0v) is 21.2. The van der Waals surface area contributed by atoms with Gasteiger partial charge in [0.05, 0.1) is 17.5 Å². The number of nitrogens with zero attached hydrogens (tertiary/aromatic N) is 3. The van der Waals surface area contributed by atoms with Crippen LogP contribution in [0.4, 0.5) is 16.2 Å². The van der Waals surface area contributed by atoms with Crippen LogP contribution in [0, 0.1) is 26.4 Å². The molecular weight excluding hydrogens is 472 g/mol. The van der Waals surface area contributed by atoms with Gasteiger partial charge in [0.25, 0.3) is 5.69 Å². The summed E-state index contributed by atoms with van der Waals surface area (Å²) in [7, 11) is 0. The molecule has 6 rings (SSSR count). The summed E-state index contributed by atoms with van der Waals surface area (Å²) in [5, 5.41) is 14.1. The number of imide groups is 2. The smallest absolute Gasteiger partial charge is 0.331 e. The van der Waals surface area contributed by atoms with Crippen molar-refractivity contribution in [3.8, 4) is 0 Å². The van der Waals surface area contributed by atoms with Gasteiger partial charge in [-0.25, -0.2) is 4.79 Å². The van der Waals surface area contributed by atoms with Crippen molar-refractivity contribution in [2.75, 3.05) is 4.90 Å². The summed E-state index contributed by atoms with van der Waals surface area (Å²) < 4.78 is 0. The molecule has 4 atom stereocenters. The molecule has 3 aliphatic heterocycles. The Balaban J connectivity index is 1.54. The van der Waals surface area contributed by atoms with Crippen LogP contribution in [0.2, 0.25) is 0 Å². The van der Waals surface area contributed by atoms with E-state index in [1.165, 1.54) is 12.1 Å². The third-order valence-corrected chi connectivity index (χ3v) is 8.87. The number of anilines is 1. The first-order chi connectivity index (χ1) is 17.4. The van der Waals surface area contributed by atoms with Crippen LogP contribution in [0.1, 0.15) is 51.2 Å². The minimum Gasteiger partial charge on any atom is -0.363 e. The van der Waals surface area contributed by atoms with E-state index in [1.54, 1.807) is 6.07 Å². The van der Waals surface area contributed by atoms with Gasteiger partial charge in [0.15, 0.2) is 5.41 Å². The summed E-state index contributed by atoms with van der Waals surface area (Å²) in [6.07, 6.45) is 2.53. The Morgan fingerprint density at radius 3 is 2.49 bits per heavy atom. The molecule has 9 nitrogen and oxygen atoms in total. The molecule has 3 fully saturated rings. The fraction of sp³-hybridized carbons (Fsp3) is 0.464. The average molecular weight is 503 g/mol. The lowest BCUT2D eigenvalue weighted by Gasteiger charge is -2.53. The average Bonchev–Trinajstić information content (AvgIpc) is 3.06. The molecule has 1 aliphatic carbocycles. The zero-order chi connectivity index (χ0) is 26.3. The number of carbonyl (C=O) groups excluding carboxylic acids is 3. The summed E-state index contributed by atoms with van der Waals surface area (Å²) in [4.78, 5) is 55.9. The van der Waals surface area contributed by atoms with Crippen molar-refractivity contribution in [1.29, 1.82) is 0 Å². The maximum Gasteiger partial charge on any atom is 0.331 e. The predicted octanol–water partition coefficient (Wildman–Crippen LogP) is 4.19. The number of urea groups is 1. The number of carbonyl (C=O) groups is 3. The van der Waals surface area contributed by atoms with Crippen molar-refractivity contribution in [2.45, 2.75) is 65.1 Å². The van der Waals surface area contributed by atoms with Gasteiger partial charge in [-0.1, -0.05) is 51.1 Å². The van der Waals surface area contributed by atoms with Gasteiger partial charge in [-0.2, -0.15) is 0 Å². The molecule has 2 saturated heterocycles. The second kappa shape index (κ2) is 7.63. The normalized spacial score (nSPS) is 31.7. The molecule has 1 spiro atoms. The van der Waals surface area contributed by atoms with Crippen molar-refractivity contribution >= 4 is 29.2 Å². The van der Waals surface area contributed by atoms with Crippen molar-refractivity contribution < 1.29 is 19.3 Å². The van der Waals surface area contributed by atoms with Gasteiger partial charge in [0.1, 0.15) is 0 Å². The SMILES string of the molecule is CC1(C)C[C@H]2C[C@](C)(C1)[C@@H]1N2c2ccc([N+](=O)[O-])cc2C[C@@]12C(=O)NC(=O)N(Cc1ccccc1)C2=O. The van der Waals surface area contributed by atoms with Gasteiger partial charge in [-0.15, -0.1) is 0 Å². The van der Waals surface area contributed by atoms with E-state index in [2.05, 4.69) is 31.0 Å². The Bertz CT molecular complexity index is 1360. The third kappa shape index (κ3) is 3.32. The van der Waals surface area contributed by atoms with Gasteiger partial charge in [0, 0.05) is 30.3 Å². The Morgan fingerprint density at radius 1 is 1.05 bits per heavy atom. The number of benzene rings is 2. The van der Waals surface area contributed by atoms with Gasteiger partial charge < -0.3 is 4.90 Å². The first kappa shape index (κ1) is 23.6. The molecular formula is C28H30N4O5. The number of nitro benzene ring substituents is 1. The standard InChI is InChI=1S/C28H30N4O5/c1-26(2)13-20-14-27(3,16-26)22-28(12-18-11-19(32(36)37)9-10-21(18)31(20)22)23(33)29-25(35)30(24(28)34)15-17-7-5-4-6-8-17/h4-11,20,22H,12-16H2,1-3H3,(H,29,33,35)/t20-,22-,27+,28-/m0/s1. The van der Waals surface area contributed by atoms with Gasteiger partial charge >= 0.3 is 6.03 Å². The van der Waals surface area contributed by atoms with Gasteiger partial charge in [-0.3, -0.25) is 29.9 Å². The maximum atomic E-state index is 14.5. The highest BCUT2D eigenvalue weighted by atomic mass is 16.6. The van der Waals surface area contributed by atoms with E-state index in [0.717, 1.165) is 35.4 Å². The van der Waals surface area contributed by atoms with Crippen LogP contribution in [-0.4, -0.2) is 39.8 Å². The minimum absolute atomic E-state index is 0.00905. The molecule has 1 saturated carbocycles. The van der Waals surface area contributed by atoms with Gasteiger partial charge in [0.2, 0.25) is 11.8 Å². The van der Waals surface area contributed by atoms with Crippen LogP contribution in [0.3, 0.4) is 0 Å². The van der Waals surface area contributed by atoms with E-state index in [4.69, 9.17) is 0 Å². The number of hydrogen-bond acceptors (Lipinski definition) is 6. The zero-order valence-electron chi connectivity index (χ0n) is 21.2. The van der Waals surface area contributed by atoms with Crippen LogP contribution in [0.5, 0.6) is 0 Å². The molecule has 9 heteroatoms. The summed E-state index contributed by atoms with van der Waals surface area (Å²) in [5.74, 6) is -1.13. The van der Waals surface area contributed by atoms with E-state index < -0.39 is 34.2 Å². The molecule has 2 aromatic rings. The molecule has 2 bridgehead atoms. The molecule has 1 N–H and O–H groups in total. The maximum absolute atomic E-state index is 14.5. The molecule has 4 amide bonds. The summed E-state index contributed by atoms with van der Waals surface area (Å²) >= 11 is 0. The molecule has 2 aromatic carbocycles. The Labute approximate surface area is 215 Å². The van der Waals surface area contributed by atoms with Crippen LogP contribution < -0.4 is 10.2 Å². The lowest BCUT2D eigenvalue weighted by molar-refractivity contribution is -0.384. The number of barbiturate groups is 1. The molecule has 3 heterocycles. The number of non-ortho nitro benzene ring substituents is 1. The van der Waals surface area contributed by atoms with E-state index in [-0.39, 0.29) is 35.5 Å². The topological polar surface area (TPSA) is 113 Å². The van der Waals surface area contributed by atoms with E-state index >= 15 is 0 Å². The van der Waals surface area contributed by atoms with E-state index in [9.17, 15) is 24.5 Å². The molecule has 0 radical (unpaired) electrons. The summed E-state index contributed by atoms with van der Waals surface area (Å²) in [5.41, 5.74) is 0.188. The fourth-order valence-electron chi connectivity index (χ4n) is 8.09. The highest BCUT2D eigenvalue weighted by Gasteiger charge is 2.71. The largest absolute Gasteiger partial charge is 0.363 e. The lowest BCUT2D eigenvalue weighted by atomic mass is 9.56. The molecule has 192 valence electrons. The van der Waals surface area contributed by atoms with Crippen molar-refractivity contribution in [3.63, 3.8) is 0 Å². The number of fused-ring (bicyclic) bond motifs is 8. The Morgan fingerprint density at radius 2 is 1.78 bits per heavy atom. The second-order valence-electron chi connectivity index (χ2n) is 12.2. The first-order valence-electron chi connectivity index (χ1n) is 12.7. The summed E-state index contributed by atoms with van der Waals surface area (Å²) in [6.45, 7) is 6.63. The van der Waals surface area contributed by atoms with Crippen molar-refractivity contribution in [1.82, 2.24) is 10.2 Å². The fourth-order valence-corrected chi connectivity index (χ4v) is 8.09. The monoisotopic (exact) mass is 502 g/mol.